The van der Waals surface area contributed by atoms with Crippen LogP contribution >= 0.6 is 28.3 Å². The number of nitrogens with one attached hydrogen (secondary N) is 1. The van der Waals surface area contributed by atoms with Gasteiger partial charge in [-0.05, 0) is 39.7 Å². The van der Waals surface area contributed by atoms with Gasteiger partial charge in [-0.1, -0.05) is 6.07 Å². The minimum absolute atomic E-state index is 0. The average Bonchev–Trinajstić information content (AvgIpc) is 2.58. The van der Waals surface area contributed by atoms with Gasteiger partial charge in [-0.15, -0.1) is 12.4 Å². The molecule has 7 heteroatoms. The average molecular weight is 418 g/mol. The number of hydrogen-bond acceptors (Lipinski definition) is 5. The van der Waals surface area contributed by atoms with E-state index in [-0.39, 0.29) is 12.4 Å². The standard InChI is InChI=1S/C17H21BrN2O3.ClH/c1-21-7-6-20-11-14-8-15(18)17(16(9-14)22-2)23-12-13-4-3-5-19-10-13;/h3-5,8-10,20H,6-7,11-12H2,1-2H3;1H. The molecule has 2 aromatic rings. The van der Waals surface area contributed by atoms with E-state index in [1.807, 2.05) is 24.3 Å². The van der Waals surface area contributed by atoms with Crippen molar-refractivity contribution in [1.29, 1.82) is 0 Å². The van der Waals surface area contributed by atoms with Crippen molar-refractivity contribution in [3.8, 4) is 11.5 Å². The zero-order chi connectivity index (χ0) is 16.5. The van der Waals surface area contributed by atoms with Crippen molar-refractivity contribution < 1.29 is 14.2 Å². The predicted octanol–water partition coefficient (Wildman–Crippen LogP) is 3.59. The van der Waals surface area contributed by atoms with Crippen molar-refractivity contribution in [3.63, 3.8) is 0 Å². The van der Waals surface area contributed by atoms with E-state index >= 15 is 0 Å². The van der Waals surface area contributed by atoms with Crippen LogP contribution < -0.4 is 14.8 Å². The Morgan fingerprint density at radius 2 is 2.04 bits per heavy atom. The topological polar surface area (TPSA) is 52.6 Å². The molecule has 0 aliphatic rings. The maximum absolute atomic E-state index is 5.89. The molecule has 2 rings (SSSR count). The van der Waals surface area contributed by atoms with Crippen molar-refractivity contribution in [2.24, 2.45) is 0 Å². The summed E-state index contributed by atoms with van der Waals surface area (Å²) in [6.07, 6.45) is 3.53. The number of nitrogens with zero attached hydrogens (tertiary/aromatic N) is 1. The molecule has 132 valence electrons. The molecule has 1 heterocycles. The lowest BCUT2D eigenvalue weighted by Crippen LogP contribution is -2.18. The van der Waals surface area contributed by atoms with Crippen molar-refractivity contribution >= 4 is 28.3 Å². The Morgan fingerprint density at radius 1 is 1.21 bits per heavy atom. The van der Waals surface area contributed by atoms with E-state index in [0.717, 1.165) is 28.7 Å². The molecule has 0 fully saturated rings. The number of halogens is 2. The summed E-state index contributed by atoms with van der Waals surface area (Å²) in [7, 11) is 3.33. The molecule has 5 nitrogen and oxygen atoms in total. The number of methoxy groups -OCH3 is 2. The molecule has 1 aromatic carbocycles. The molecule has 1 aromatic heterocycles. The second kappa shape index (κ2) is 11.3. The molecule has 0 saturated heterocycles. The highest BCUT2D eigenvalue weighted by atomic mass is 79.9. The van der Waals surface area contributed by atoms with E-state index in [9.17, 15) is 0 Å². The molecule has 0 unspecified atom stereocenters. The molecule has 0 radical (unpaired) electrons. The molecule has 0 spiro atoms. The third-order valence-electron chi connectivity index (χ3n) is 3.21. The first-order chi connectivity index (χ1) is 11.2. The van der Waals surface area contributed by atoms with Gasteiger partial charge in [-0.25, -0.2) is 0 Å². The van der Waals surface area contributed by atoms with Gasteiger partial charge in [-0.2, -0.15) is 0 Å². The minimum Gasteiger partial charge on any atom is -0.493 e. The van der Waals surface area contributed by atoms with Crippen LogP contribution in [-0.2, 0) is 17.9 Å². The molecule has 0 aliphatic carbocycles. The zero-order valence-corrected chi connectivity index (χ0v) is 16.2. The third-order valence-corrected chi connectivity index (χ3v) is 3.80. The Kier molecular flexibility index (Phi) is 9.71. The molecule has 0 bridgehead atoms. The quantitative estimate of drug-likeness (QED) is 0.632. The number of hydrogen-bond donors (Lipinski definition) is 1. The summed E-state index contributed by atoms with van der Waals surface area (Å²) in [5.74, 6) is 1.39. The first-order valence-electron chi connectivity index (χ1n) is 7.32. The van der Waals surface area contributed by atoms with Crippen LogP contribution in [0.25, 0.3) is 0 Å². The van der Waals surface area contributed by atoms with Gasteiger partial charge in [0.05, 0.1) is 18.2 Å². The predicted molar refractivity (Wildman–Crippen MR) is 100 cm³/mol. The van der Waals surface area contributed by atoms with Crippen LogP contribution in [0.4, 0.5) is 0 Å². The van der Waals surface area contributed by atoms with Crippen LogP contribution in [0.3, 0.4) is 0 Å². The molecule has 0 saturated carbocycles. The highest BCUT2D eigenvalue weighted by molar-refractivity contribution is 9.10. The van der Waals surface area contributed by atoms with Gasteiger partial charge >= 0.3 is 0 Å². The summed E-state index contributed by atoms with van der Waals surface area (Å²) >= 11 is 3.56. The minimum atomic E-state index is 0. The van der Waals surface area contributed by atoms with Crippen molar-refractivity contribution in [2.75, 3.05) is 27.4 Å². The first kappa shape index (κ1) is 20.7. The Balaban J connectivity index is 0.00000288. The van der Waals surface area contributed by atoms with Gasteiger partial charge in [0, 0.05) is 38.2 Å². The van der Waals surface area contributed by atoms with Crippen LogP contribution in [0.15, 0.2) is 41.1 Å². The van der Waals surface area contributed by atoms with Crippen LogP contribution in [-0.4, -0.2) is 32.4 Å². The summed E-state index contributed by atoms with van der Waals surface area (Å²) in [5, 5.41) is 3.31. The number of benzene rings is 1. The Hall–Kier alpha value is -1.34. The number of rotatable bonds is 9. The first-order valence-corrected chi connectivity index (χ1v) is 8.11. The van der Waals surface area contributed by atoms with Gasteiger partial charge in [0.25, 0.3) is 0 Å². The lowest BCUT2D eigenvalue weighted by Gasteiger charge is -2.15. The van der Waals surface area contributed by atoms with E-state index in [4.69, 9.17) is 14.2 Å². The van der Waals surface area contributed by atoms with E-state index < -0.39 is 0 Å². The van der Waals surface area contributed by atoms with Crippen LogP contribution in [0, 0.1) is 0 Å². The van der Waals surface area contributed by atoms with E-state index in [1.54, 1.807) is 26.6 Å². The highest BCUT2D eigenvalue weighted by Crippen LogP contribution is 2.37. The molecule has 0 amide bonds. The molecule has 0 aliphatic heterocycles. The smallest absolute Gasteiger partial charge is 0.175 e. The van der Waals surface area contributed by atoms with Gasteiger partial charge in [-0.3, -0.25) is 4.98 Å². The largest absolute Gasteiger partial charge is 0.493 e. The maximum Gasteiger partial charge on any atom is 0.175 e. The lowest BCUT2D eigenvalue weighted by molar-refractivity contribution is 0.199. The van der Waals surface area contributed by atoms with E-state index in [1.165, 1.54) is 0 Å². The number of ether oxygens (including phenoxy) is 3. The fourth-order valence-electron chi connectivity index (χ4n) is 2.06. The van der Waals surface area contributed by atoms with Gasteiger partial charge < -0.3 is 19.5 Å². The Morgan fingerprint density at radius 3 is 2.71 bits per heavy atom. The molecule has 24 heavy (non-hydrogen) atoms. The van der Waals surface area contributed by atoms with Crippen LogP contribution in [0.1, 0.15) is 11.1 Å². The molecule has 0 atom stereocenters. The van der Waals surface area contributed by atoms with Gasteiger partial charge in [0.2, 0.25) is 0 Å². The molecular weight excluding hydrogens is 396 g/mol. The van der Waals surface area contributed by atoms with Gasteiger partial charge in [0.1, 0.15) is 6.61 Å². The van der Waals surface area contributed by atoms with Crippen molar-refractivity contribution in [2.45, 2.75) is 13.2 Å². The van der Waals surface area contributed by atoms with Crippen molar-refractivity contribution in [3.05, 3.63) is 52.3 Å². The maximum atomic E-state index is 5.89. The summed E-state index contributed by atoms with van der Waals surface area (Å²) in [5.41, 5.74) is 2.12. The fraction of sp³-hybridized carbons (Fsp3) is 0.353. The van der Waals surface area contributed by atoms with Crippen molar-refractivity contribution in [1.82, 2.24) is 10.3 Å². The monoisotopic (exact) mass is 416 g/mol. The zero-order valence-electron chi connectivity index (χ0n) is 13.8. The SMILES string of the molecule is COCCNCc1cc(Br)c(OCc2cccnc2)c(OC)c1.Cl. The summed E-state index contributed by atoms with van der Waals surface area (Å²) in [6.45, 7) is 2.66. The number of pyridine rings is 1. The third kappa shape index (κ3) is 6.28. The second-order valence-corrected chi connectivity index (χ2v) is 5.78. The molecule has 1 N–H and O–H groups in total. The number of aromatic nitrogens is 1. The second-order valence-electron chi connectivity index (χ2n) is 4.93. The van der Waals surface area contributed by atoms with E-state index in [2.05, 4.69) is 26.2 Å². The van der Waals surface area contributed by atoms with E-state index in [0.29, 0.717) is 24.7 Å². The Labute approximate surface area is 157 Å². The fourth-order valence-corrected chi connectivity index (χ4v) is 2.67. The highest BCUT2D eigenvalue weighted by Gasteiger charge is 2.12. The normalized spacial score (nSPS) is 10.1. The van der Waals surface area contributed by atoms with Crippen LogP contribution in [0.5, 0.6) is 11.5 Å². The Bertz CT molecular complexity index is 614. The summed E-state index contributed by atoms with van der Waals surface area (Å²) in [4.78, 5) is 4.08. The summed E-state index contributed by atoms with van der Waals surface area (Å²) < 4.78 is 17.2. The van der Waals surface area contributed by atoms with Crippen LogP contribution in [0.2, 0.25) is 0 Å². The van der Waals surface area contributed by atoms with Gasteiger partial charge in [0.15, 0.2) is 11.5 Å². The molecular formula is C17H22BrClN2O3. The lowest BCUT2D eigenvalue weighted by atomic mass is 10.2. The summed E-state index contributed by atoms with van der Waals surface area (Å²) in [6, 6.07) is 7.87.